The Morgan fingerprint density at radius 3 is 2.26 bits per heavy atom. The van der Waals surface area contributed by atoms with Gasteiger partial charge in [-0.2, -0.15) is 0 Å². The molecule has 9 heteroatoms. The van der Waals surface area contributed by atoms with Gasteiger partial charge in [0.2, 0.25) is 5.91 Å². The van der Waals surface area contributed by atoms with E-state index in [0.717, 1.165) is 5.56 Å². The number of imide groups is 1. The monoisotopic (exact) mass is 430 g/mol. The summed E-state index contributed by atoms with van der Waals surface area (Å²) in [5, 5.41) is 2.62. The molecule has 0 aliphatic carbocycles. The maximum absolute atomic E-state index is 12.7. The van der Waals surface area contributed by atoms with Crippen LogP contribution in [-0.2, 0) is 20.7 Å². The third kappa shape index (κ3) is 5.96. The molecule has 9 nitrogen and oxygen atoms in total. The summed E-state index contributed by atoms with van der Waals surface area (Å²) in [5.41, 5.74) is 0.461. The number of amides is 5. The van der Waals surface area contributed by atoms with E-state index in [1.54, 1.807) is 30.6 Å². The lowest BCUT2D eigenvalue weighted by Gasteiger charge is -2.35. The highest BCUT2D eigenvalue weighted by Gasteiger charge is 2.39. The Hall–Kier alpha value is -3.10. The van der Waals surface area contributed by atoms with E-state index in [4.69, 9.17) is 4.74 Å². The minimum atomic E-state index is -0.848. The van der Waals surface area contributed by atoms with E-state index < -0.39 is 23.8 Å². The maximum atomic E-state index is 12.7. The molecule has 0 radical (unpaired) electrons. The van der Waals surface area contributed by atoms with Gasteiger partial charge in [-0.1, -0.05) is 30.3 Å². The van der Waals surface area contributed by atoms with Crippen molar-refractivity contribution in [3.63, 3.8) is 0 Å². The van der Waals surface area contributed by atoms with Crippen LogP contribution in [0.2, 0.25) is 0 Å². The van der Waals surface area contributed by atoms with E-state index in [1.165, 1.54) is 4.90 Å². The summed E-state index contributed by atoms with van der Waals surface area (Å²) in [6.07, 6.45) is 0.0819. The number of carbonyl (C=O) groups is 4. The van der Waals surface area contributed by atoms with Crippen LogP contribution in [-0.4, -0.2) is 83.0 Å². The quantitative estimate of drug-likeness (QED) is 0.716. The number of rotatable bonds is 5. The third-order valence-electron chi connectivity index (χ3n) is 5.24. The molecule has 2 aliphatic rings. The van der Waals surface area contributed by atoms with Crippen molar-refractivity contribution in [1.82, 2.24) is 20.0 Å². The van der Waals surface area contributed by atoms with Crippen LogP contribution < -0.4 is 5.32 Å². The lowest BCUT2D eigenvalue weighted by atomic mass is 10.1. The number of carbonyl (C=O) groups excluding carboxylic acids is 4. The fourth-order valence-corrected chi connectivity index (χ4v) is 3.58. The Morgan fingerprint density at radius 1 is 1.03 bits per heavy atom. The van der Waals surface area contributed by atoms with Gasteiger partial charge in [0, 0.05) is 32.7 Å². The van der Waals surface area contributed by atoms with Crippen molar-refractivity contribution in [3.05, 3.63) is 35.9 Å². The van der Waals surface area contributed by atoms with Gasteiger partial charge in [0.05, 0.1) is 6.42 Å². The molecule has 2 aliphatic heterocycles. The fraction of sp³-hybridized carbons (Fsp3) is 0.545. The highest BCUT2D eigenvalue weighted by Crippen LogP contribution is 2.15. The standard InChI is InChI=1S/C22H30N4O5/c1-22(2,3)31-21(30)25-13-11-24(12-14-25)18(27)15-17-19(28)26(20(29)23-17)10-9-16-7-5-4-6-8-16/h4-8,17H,9-15H2,1-3H3,(H,23,29)/t17-/m0/s1. The summed E-state index contributed by atoms with van der Waals surface area (Å²) < 4.78 is 5.36. The summed E-state index contributed by atoms with van der Waals surface area (Å²) in [6.45, 7) is 7.16. The lowest BCUT2D eigenvalue weighted by molar-refractivity contribution is -0.136. The van der Waals surface area contributed by atoms with E-state index in [-0.39, 0.29) is 24.8 Å². The number of benzene rings is 1. The van der Waals surface area contributed by atoms with Crippen LogP contribution in [0.1, 0.15) is 32.8 Å². The first-order chi connectivity index (χ1) is 14.6. The minimum Gasteiger partial charge on any atom is -0.444 e. The number of urea groups is 1. The molecule has 3 rings (SSSR count). The summed E-state index contributed by atoms with van der Waals surface area (Å²) >= 11 is 0. The topological polar surface area (TPSA) is 99.3 Å². The summed E-state index contributed by atoms with van der Waals surface area (Å²) in [5.74, 6) is -0.589. The first-order valence-corrected chi connectivity index (χ1v) is 10.6. The molecular weight excluding hydrogens is 400 g/mol. The summed E-state index contributed by atoms with van der Waals surface area (Å²) in [4.78, 5) is 54.0. The van der Waals surface area contributed by atoms with Crippen molar-refractivity contribution in [3.8, 4) is 0 Å². The lowest BCUT2D eigenvalue weighted by Crippen LogP contribution is -2.52. The molecule has 2 saturated heterocycles. The van der Waals surface area contributed by atoms with Crippen LogP contribution >= 0.6 is 0 Å². The van der Waals surface area contributed by atoms with Crippen molar-refractivity contribution in [1.29, 1.82) is 0 Å². The zero-order valence-corrected chi connectivity index (χ0v) is 18.3. The average molecular weight is 431 g/mol. The number of hydrogen-bond donors (Lipinski definition) is 1. The van der Waals surface area contributed by atoms with E-state index in [1.807, 2.05) is 30.3 Å². The molecule has 31 heavy (non-hydrogen) atoms. The van der Waals surface area contributed by atoms with E-state index in [2.05, 4.69) is 5.32 Å². The Kier molecular flexibility index (Phi) is 6.82. The van der Waals surface area contributed by atoms with Gasteiger partial charge in [-0.05, 0) is 32.8 Å². The van der Waals surface area contributed by atoms with Crippen molar-refractivity contribution in [2.24, 2.45) is 0 Å². The van der Waals surface area contributed by atoms with E-state index >= 15 is 0 Å². The van der Waals surface area contributed by atoms with Crippen LogP contribution in [0.3, 0.4) is 0 Å². The highest BCUT2D eigenvalue weighted by molar-refractivity contribution is 6.05. The number of nitrogens with one attached hydrogen (secondary N) is 1. The first-order valence-electron chi connectivity index (χ1n) is 10.6. The summed E-state index contributed by atoms with van der Waals surface area (Å²) in [7, 11) is 0. The highest BCUT2D eigenvalue weighted by atomic mass is 16.6. The number of piperazine rings is 1. The molecule has 1 N–H and O–H groups in total. The maximum Gasteiger partial charge on any atom is 0.410 e. The normalized spacial score (nSPS) is 19.5. The molecule has 1 atom stereocenters. The molecule has 1 aromatic carbocycles. The van der Waals surface area contributed by atoms with E-state index in [9.17, 15) is 19.2 Å². The molecule has 0 bridgehead atoms. The van der Waals surface area contributed by atoms with Crippen LogP contribution in [0, 0.1) is 0 Å². The Balaban J connectivity index is 1.47. The molecule has 5 amide bonds. The Morgan fingerprint density at radius 2 is 1.65 bits per heavy atom. The molecule has 0 spiro atoms. The number of hydrogen-bond acceptors (Lipinski definition) is 5. The Bertz CT molecular complexity index is 828. The van der Waals surface area contributed by atoms with Crippen LogP contribution in [0.5, 0.6) is 0 Å². The SMILES string of the molecule is CC(C)(C)OC(=O)N1CCN(C(=O)C[C@@H]2NC(=O)N(CCc3ccccc3)C2=O)CC1. The van der Waals surface area contributed by atoms with Gasteiger partial charge < -0.3 is 19.9 Å². The molecule has 2 heterocycles. The van der Waals surface area contributed by atoms with Gasteiger partial charge in [0.15, 0.2) is 0 Å². The molecular formula is C22H30N4O5. The smallest absolute Gasteiger partial charge is 0.410 e. The second-order valence-corrected chi connectivity index (χ2v) is 8.78. The predicted molar refractivity (Wildman–Crippen MR) is 113 cm³/mol. The second kappa shape index (κ2) is 9.36. The van der Waals surface area contributed by atoms with E-state index in [0.29, 0.717) is 32.6 Å². The number of ether oxygens (including phenoxy) is 1. The molecule has 1 aromatic rings. The van der Waals surface area contributed by atoms with Crippen LogP contribution in [0.4, 0.5) is 9.59 Å². The first kappa shape index (κ1) is 22.6. The molecule has 0 aromatic heterocycles. The molecule has 2 fully saturated rings. The third-order valence-corrected chi connectivity index (χ3v) is 5.24. The summed E-state index contributed by atoms with van der Waals surface area (Å²) in [6, 6.07) is 8.29. The van der Waals surface area contributed by atoms with Gasteiger partial charge in [-0.3, -0.25) is 14.5 Å². The van der Waals surface area contributed by atoms with Gasteiger partial charge >= 0.3 is 12.1 Å². The Labute approximate surface area is 182 Å². The van der Waals surface area contributed by atoms with Crippen LogP contribution in [0.25, 0.3) is 0 Å². The van der Waals surface area contributed by atoms with Crippen molar-refractivity contribution < 1.29 is 23.9 Å². The number of nitrogens with zero attached hydrogens (tertiary/aromatic N) is 3. The minimum absolute atomic E-state index is 0.0845. The zero-order chi connectivity index (χ0) is 22.6. The average Bonchev–Trinajstić information content (AvgIpc) is 2.98. The molecule has 168 valence electrons. The van der Waals surface area contributed by atoms with Gasteiger partial charge in [0.25, 0.3) is 5.91 Å². The predicted octanol–water partition coefficient (Wildman–Crippen LogP) is 1.62. The fourth-order valence-electron chi connectivity index (χ4n) is 3.58. The zero-order valence-electron chi connectivity index (χ0n) is 18.3. The van der Waals surface area contributed by atoms with Crippen molar-refractivity contribution >= 4 is 23.9 Å². The largest absolute Gasteiger partial charge is 0.444 e. The van der Waals surface area contributed by atoms with Crippen molar-refractivity contribution in [2.45, 2.75) is 45.3 Å². The molecule has 0 saturated carbocycles. The van der Waals surface area contributed by atoms with Crippen molar-refractivity contribution in [2.75, 3.05) is 32.7 Å². The molecule has 0 unspecified atom stereocenters. The second-order valence-electron chi connectivity index (χ2n) is 8.78. The van der Waals surface area contributed by atoms with Gasteiger partial charge in [-0.15, -0.1) is 0 Å². The van der Waals surface area contributed by atoms with Gasteiger partial charge in [-0.25, -0.2) is 9.59 Å². The van der Waals surface area contributed by atoms with Crippen LogP contribution in [0.15, 0.2) is 30.3 Å². The van der Waals surface area contributed by atoms with Gasteiger partial charge in [0.1, 0.15) is 11.6 Å².